The Bertz CT molecular complexity index is 248. The molecule has 114 valence electrons. The van der Waals surface area contributed by atoms with Gasteiger partial charge >= 0.3 is 0 Å². The molecule has 1 fully saturated rings. The number of methoxy groups -OCH3 is 1. The second-order valence-electron chi connectivity index (χ2n) is 5.40. The normalized spacial score (nSPS) is 27.6. The maximum atomic E-state index is 6.03. The SMILES string of the molecule is CCCCC[C@@H](OCOC)[C@@H]1OC(C)(C)O[C@H]1CI. The van der Waals surface area contributed by atoms with E-state index in [-0.39, 0.29) is 18.3 Å². The number of hydrogen-bond donors (Lipinski definition) is 0. The van der Waals surface area contributed by atoms with Crippen molar-refractivity contribution < 1.29 is 18.9 Å². The van der Waals surface area contributed by atoms with Gasteiger partial charge in [-0.25, -0.2) is 0 Å². The van der Waals surface area contributed by atoms with E-state index < -0.39 is 5.79 Å². The molecule has 1 rings (SSSR count). The van der Waals surface area contributed by atoms with Crippen LogP contribution in [0.15, 0.2) is 0 Å². The summed E-state index contributed by atoms with van der Waals surface area (Å²) in [4.78, 5) is 0. The lowest BCUT2D eigenvalue weighted by Gasteiger charge is -2.26. The van der Waals surface area contributed by atoms with Crippen LogP contribution in [0, 0.1) is 0 Å². The quantitative estimate of drug-likeness (QED) is 0.263. The summed E-state index contributed by atoms with van der Waals surface area (Å²) in [5, 5.41) is 0. The number of unbranched alkanes of at least 4 members (excludes halogenated alkanes) is 2. The molecule has 0 saturated carbocycles. The molecule has 0 bridgehead atoms. The maximum absolute atomic E-state index is 6.03. The first-order chi connectivity index (χ1) is 9.04. The largest absolute Gasteiger partial charge is 0.359 e. The van der Waals surface area contributed by atoms with Gasteiger partial charge in [0.15, 0.2) is 5.79 Å². The predicted molar refractivity (Wildman–Crippen MR) is 83.6 cm³/mol. The number of ether oxygens (including phenoxy) is 4. The summed E-state index contributed by atoms with van der Waals surface area (Å²) in [6, 6.07) is 0. The average Bonchev–Trinajstić information content (AvgIpc) is 2.69. The zero-order valence-corrected chi connectivity index (χ0v) is 14.6. The van der Waals surface area contributed by atoms with Crippen molar-refractivity contribution in [3.8, 4) is 0 Å². The fourth-order valence-corrected chi connectivity index (χ4v) is 3.07. The van der Waals surface area contributed by atoms with Crippen LogP contribution < -0.4 is 0 Å². The first kappa shape index (κ1) is 17.6. The van der Waals surface area contributed by atoms with Gasteiger partial charge in [-0.15, -0.1) is 0 Å². The van der Waals surface area contributed by atoms with E-state index in [1.807, 2.05) is 13.8 Å². The standard InChI is InChI=1S/C14H27IO4/c1-5-6-7-8-11(17-10-16-4)13-12(9-15)18-14(2,3)19-13/h11-13H,5-10H2,1-4H3/t11-,12+,13+/m1/s1. The molecular weight excluding hydrogens is 359 g/mol. The highest BCUT2D eigenvalue weighted by Gasteiger charge is 2.44. The van der Waals surface area contributed by atoms with Crippen molar-refractivity contribution in [3.05, 3.63) is 0 Å². The van der Waals surface area contributed by atoms with Gasteiger partial charge in [0.2, 0.25) is 0 Å². The number of halogens is 1. The molecule has 1 heterocycles. The van der Waals surface area contributed by atoms with Gasteiger partial charge in [0.05, 0.1) is 12.2 Å². The monoisotopic (exact) mass is 386 g/mol. The fraction of sp³-hybridized carbons (Fsp3) is 1.00. The molecule has 19 heavy (non-hydrogen) atoms. The van der Waals surface area contributed by atoms with E-state index >= 15 is 0 Å². The molecule has 0 spiro atoms. The molecule has 0 unspecified atom stereocenters. The van der Waals surface area contributed by atoms with Crippen LogP contribution in [0.5, 0.6) is 0 Å². The minimum absolute atomic E-state index is 0.00101. The Morgan fingerprint density at radius 2 is 2.00 bits per heavy atom. The zero-order chi connectivity index (χ0) is 14.3. The van der Waals surface area contributed by atoms with Gasteiger partial charge in [-0.2, -0.15) is 0 Å². The third-order valence-corrected chi connectivity index (χ3v) is 4.10. The third kappa shape index (κ3) is 5.83. The molecule has 3 atom stereocenters. The van der Waals surface area contributed by atoms with Crippen molar-refractivity contribution in [1.29, 1.82) is 0 Å². The van der Waals surface area contributed by atoms with Crippen LogP contribution in [0.2, 0.25) is 0 Å². The van der Waals surface area contributed by atoms with Gasteiger partial charge in [-0.3, -0.25) is 0 Å². The summed E-state index contributed by atoms with van der Waals surface area (Å²) < 4.78 is 23.7. The highest BCUT2D eigenvalue weighted by Crippen LogP contribution is 2.33. The number of rotatable bonds is 9. The zero-order valence-electron chi connectivity index (χ0n) is 12.5. The topological polar surface area (TPSA) is 36.9 Å². The molecule has 0 N–H and O–H groups in total. The molecule has 0 aromatic heterocycles. The summed E-state index contributed by atoms with van der Waals surface area (Å²) in [6.45, 7) is 6.44. The van der Waals surface area contributed by atoms with E-state index in [1.165, 1.54) is 12.8 Å². The Morgan fingerprint density at radius 1 is 1.26 bits per heavy atom. The summed E-state index contributed by atoms with van der Waals surface area (Å²) in [7, 11) is 1.65. The number of alkyl halides is 1. The number of hydrogen-bond acceptors (Lipinski definition) is 4. The van der Waals surface area contributed by atoms with E-state index in [9.17, 15) is 0 Å². The van der Waals surface area contributed by atoms with Crippen molar-refractivity contribution in [3.63, 3.8) is 0 Å². The summed E-state index contributed by atoms with van der Waals surface area (Å²) in [5.41, 5.74) is 0. The summed E-state index contributed by atoms with van der Waals surface area (Å²) in [5.74, 6) is -0.514. The van der Waals surface area contributed by atoms with Crippen molar-refractivity contribution >= 4 is 22.6 Å². The minimum atomic E-state index is -0.514. The van der Waals surface area contributed by atoms with Gasteiger partial charge in [-0.1, -0.05) is 48.8 Å². The first-order valence-corrected chi connectivity index (χ1v) is 8.58. The highest BCUT2D eigenvalue weighted by molar-refractivity contribution is 14.1. The summed E-state index contributed by atoms with van der Waals surface area (Å²) >= 11 is 2.35. The predicted octanol–water partition coefficient (Wildman–Crippen LogP) is 3.51. The summed E-state index contributed by atoms with van der Waals surface area (Å²) in [6.07, 6.45) is 4.72. The molecule has 0 aromatic rings. The molecular formula is C14H27IO4. The minimum Gasteiger partial charge on any atom is -0.359 e. The lowest BCUT2D eigenvalue weighted by atomic mass is 10.0. The van der Waals surface area contributed by atoms with Crippen LogP contribution in [-0.4, -0.2) is 42.4 Å². The second-order valence-corrected chi connectivity index (χ2v) is 6.28. The molecule has 0 amide bonds. The van der Waals surface area contributed by atoms with Crippen LogP contribution in [0.25, 0.3) is 0 Å². The van der Waals surface area contributed by atoms with Crippen molar-refractivity contribution in [2.45, 2.75) is 70.6 Å². The molecule has 0 aromatic carbocycles. The molecule has 1 saturated heterocycles. The Kier molecular flexibility index (Phi) is 8.13. The highest BCUT2D eigenvalue weighted by atomic mass is 127. The molecule has 1 aliphatic rings. The average molecular weight is 386 g/mol. The molecule has 4 nitrogen and oxygen atoms in total. The Labute approximate surface area is 130 Å². The van der Waals surface area contributed by atoms with Gasteiger partial charge < -0.3 is 18.9 Å². The van der Waals surface area contributed by atoms with Crippen LogP contribution in [0.3, 0.4) is 0 Å². The second kappa shape index (κ2) is 8.77. The van der Waals surface area contributed by atoms with E-state index in [0.29, 0.717) is 6.79 Å². The van der Waals surface area contributed by atoms with Crippen molar-refractivity contribution in [1.82, 2.24) is 0 Å². The van der Waals surface area contributed by atoms with Gasteiger partial charge in [0.1, 0.15) is 12.9 Å². The van der Waals surface area contributed by atoms with Gasteiger partial charge in [0.25, 0.3) is 0 Å². The first-order valence-electron chi connectivity index (χ1n) is 7.06. The van der Waals surface area contributed by atoms with E-state index in [0.717, 1.165) is 17.3 Å². The van der Waals surface area contributed by atoms with Crippen LogP contribution in [0.1, 0.15) is 46.5 Å². The fourth-order valence-electron chi connectivity index (χ4n) is 2.39. The van der Waals surface area contributed by atoms with E-state index in [1.54, 1.807) is 7.11 Å². The molecule has 1 aliphatic heterocycles. The maximum Gasteiger partial charge on any atom is 0.163 e. The van der Waals surface area contributed by atoms with Crippen LogP contribution in [0.4, 0.5) is 0 Å². The lowest BCUT2D eigenvalue weighted by Crippen LogP contribution is -2.38. The Balaban J connectivity index is 2.60. The van der Waals surface area contributed by atoms with Crippen molar-refractivity contribution in [2.75, 3.05) is 18.3 Å². The molecule has 0 aliphatic carbocycles. The van der Waals surface area contributed by atoms with Gasteiger partial charge in [-0.05, 0) is 20.3 Å². The van der Waals surface area contributed by atoms with E-state index in [2.05, 4.69) is 29.5 Å². The smallest absolute Gasteiger partial charge is 0.163 e. The lowest BCUT2D eigenvalue weighted by molar-refractivity contribution is -0.170. The molecule has 0 radical (unpaired) electrons. The Hall–Kier alpha value is 0.570. The van der Waals surface area contributed by atoms with Crippen molar-refractivity contribution in [2.24, 2.45) is 0 Å². The Morgan fingerprint density at radius 3 is 2.58 bits per heavy atom. The van der Waals surface area contributed by atoms with Crippen LogP contribution in [-0.2, 0) is 18.9 Å². The van der Waals surface area contributed by atoms with Gasteiger partial charge in [0, 0.05) is 11.5 Å². The van der Waals surface area contributed by atoms with Crippen LogP contribution >= 0.6 is 22.6 Å². The van der Waals surface area contributed by atoms with E-state index in [4.69, 9.17) is 18.9 Å². The third-order valence-electron chi connectivity index (χ3n) is 3.23. The molecule has 5 heteroatoms.